The van der Waals surface area contributed by atoms with Crippen molar-refractivity contribution in [3.63, 3.8) is 0 Å². The molecule has 0 spiro atoms. The molecular formula is C32H27F4N5O4. The molecule has 0 bridgehead atoms. The number of amides is 2. The molecular weight excluding hydrogens is 594 g/mol. The van der Waals surface area contributed by atoms with Crippen LogP contribution in [-0.2, 0) is 15.8 Å². The van der Waals surface area contributed by atoms with Gasteiger partial charge < -0.3 is 20.9 Å². The summed E-state index contributed by atoms with van der Waals surface area (Å²) >= 11 is 0. The summed E-state index contributed by atoms with van der Waals surface area (Å²) in [4.78, 5) is 30.2. The topological polar surface area (TPSA) is 140 Å². The summed E-state index contributed by atoms with van der Waals surface area (Å²) in [6.45, 7) is -1.50. The van der Waals surface area contributed by atoms with Gasteiger partial charge >= 0.3 is 6.18 Å². The highest BCUT2D eigenvalue weighted by atomic mass is 19.4. The molecule has 2 fully saturated rings. The highest BCUT2D eigenvalue weighted by molar-refractivity contribution is 5.98. The van der Waals surface area contributed by atoms with Crippen molar-refractivity contribution in [2.75, 3.05) is 13.2 Å². The number of alkyl halides is 3. The number of nitrogens with one attached hydrogen (secondary N) is 1. The first-order valence-electron chi connectivity index (χ1n) is 14.5. The first-order chi connectivity index (χ1) is 21.4. The number of hydrogen-bond donors (Lipinski definition) is 3. The van der Waals surface area contributed by atoms with Crippen molar-refractivity contribution in [1.82, 2.24) is 20.5 Å². The summed E-state index contributed by atoms with van der Waals surface area (Å²) in [6, 6.07) is 12.1. The Balaban J connectivity index is 1.28. The molecule has 2 aromatic heterocycles. The molecule has 13 heteroatoms. The number of carbonyl (C=O) groups excluding carboxylic acids is 2. The quantitative estimate of drug-likeness (QED) is 0.248. The molecule has 3 aliphatic rings. The fourth-order valence-electron chi connectivity index (χ4n) is 6.04. The maximum atomic E-state index is 14.8. The highest BCUT2D eigenvalue weighted by Gasteiger charge is 2.60. The van der Waals surface area contributed by atoms with E-state index in [9.17, 15) is 32.3 Å². The second-order valence-corrected chi connectivity index (χ2v) is 12.0. The number of carbonyl (C=O) groups is 2. The number of primary amides is 1. The number of aliphatic hydroxyl groups is 1. The first kappa shape index (κ1) is 29.1. The van der Waals surface area contributed by atoms with Crippen LogP contribution in [0.1, 0.15) is 58.9 Å². The van der Waals surface area contributed by atoms with Crippen LogP contribution in [-0.4, -0.2) is 51.4 Å². The van der Waals surface area contributed by atoms with Crippen molar-refractivity contribution in [3.8, 4) is 17.0 Å². The van der Waals surface area contributed by atoms with E-state index in [4.69, 9.17) is 10.5 Å². The van der Waals surface area contributed by atoms with Gasteiger partial charge in [-0.25, -0.2) is 9.37 Å². The summed E-state index contributed by atoms with van der Waals surface area (Å²) in [5.74, 6) is -2.16. The van der Waals surface area contributed by atoms with Crippen LogP contribution in [0.25, 0.3) is 22.2 Å². The van der Waals surface area contributed by atoms with Crippen LogP contribution in [0.4, 0.5) is 17.6 Å². The number of rotatable bonds is 8. The molecule has 0 saturated heterocycles. The summed E-state index contributed by atoms with van der Waals surface area (Å²) < 4.78 is 64.0. The van der Waals surface area contributed by atoms with Gasteiger partial charge in [-0.15, -0.1) is 0 Å². The van der Waals surface area contributed by atoms with Crippen molar-refractivity contribution in [2.45, 2.75) is 48.8 Å². The van der Waals surface area contributed by atoms with E-state index in [0.717, 1.165) is 36.7 Å². The van der Waals surface area contributed by atoms with E-state index < -0.39 is 47.1 Å². The third-order valence-electron chi connectivity index (χ3n) is 8.99. The van der Waals surface area contributed by atoms with E-state index >= 15 is 0 Å². The van der Waals surface area contributed by atoms with Crippen LogP contribution in [0.2, 0.25) is 0 Å². The van der Waals surface area contributed by atoms with Crippen LogP contribution in [0.15, 0.2) is 54.6 Å². The van der Waals surface area contributed by atoms with Crippen molar-refractivity contribution in [1.29, 1.82) is 0 Å². The summed E-state index contributed by atoms with van der Waals surface area (Å²) in [5, 5.41) is 22.5. The predicted octanol–water partition coefficient (Wildman–Crippen LogP) is 4.41. The van der Waals surface area contributed by atoms with E-state index in [-0.39, 0.29) is 40.7 Å². The molecule has 232 valence electrons. The van der Waals surface area contributed by atoms with Gasteiger partial charge in [-0.05, 0) is 86.2 Å². The molecule has 2 atom stereocenters. The van der Waals surface area contributed by atoms with Crippen molar-refractivity contribution in [2.24, 2.45) is 11.7 Å². The summed E-state index contributed by atoms with van der Waals surface area (Å²) in [5.41, 5.74) is 1.35. The molecule has 0 radical (unpaired) electrons. The SMILES string of the molecule is NC(=O)[C@@]1(C2CC2)COc2c1cc(C(O)(CNC(=O)c1ccc3nnc(C4CC4)cc3c1)C(F)(F)F)nc2-c1ccc(F)cc1. The van der Waals surface area contributed by atoms with Gasteiger partial charge in [0.05, 0.1) is 23.4 Å². The standard InChI is InChI=1S/C32H27F4N5O4/c33-21-8-3-17(4-9-21)26-27-22(30(15-45-27,29(37)43)20-6-7-20)13-25(39-26)31(44,32(34,35)36)14-38-28(42)18-5-10-23-19(11-18)12-24(41-40-23)16-1-2-16/h3-5,8-13,16,20,44H,1-2,6-7,14-15H2,(H2,37,43)(H,38,42)/t30-,31?/m1/s1. The smallest absolute Gasteiger partial charge is 0.424 e. The lowest BCUT2D eigenvalue weighted by Gasteiger charge is -2.32. The Kier molecular flexibility index (Phi) is 6.59. The molecule has 7 rings (SSSR count). The molecule has 45 heavy (non-hydrogen) atoms. The van der Waals surface area contributed by atoms with Crippen LogP contribution >= 0.6 is 0 Å². The number of pyridine rings is 1. The Labute approximate surface area is 253 Å². The maximum Gasteiger partial charge on any atom is 0.424 e. The molecule has 2 aromatic carbocycles. The fraction of sp³-hybridized carbons (Fsp3) is 0.344. The number of benzene rings is 2. The van der Waals surface area contributed by atoms with Crippen molar-refractivity contribution in [3.05, 3.63) is 82.9 Å². The van der Waals surface area contributed by atoms with Gasteiger partial charge in [0.25, 0.3) is 5.91 Å². The van der Waals surface area contributed by atoms with Crippen LogP contribution in [0, 0.1) is 11.7 Å². The zero-order valence-electron chi connectivity index (χ0n) is 23.7. The van der Waals surface area contributed by atoms with E-state index in [1.165, 1.54) is 24.3 Å². The minimum Gasteiger partial charge on any atom is -0.489 e. The van der Waals surface area contributed by atoms with E-state index in [1.807, 2.05) is 0 Å². The molecule has 2 amide bonds. The number of aromatic nitrogens is 3. The fourth-order valence-corrected chi connectivity index (χ4v) is 6.04. The largest absolute Gasteiger partial charge is 0.489 e. The van der Waals surface area contributed by atoms with Crippen molar-refractivity contribution < 1.29 is 37.0 Å². The van der Waals surface area contributed by atoms with E-state index in [0.29, 0.717) is 29.7 Å². The monoisotopic (exact) mass is 621 g/mol. The zero-order valence-corrected chi connectivity index (χ0v) is 23.7. The van der Waals surface area contributed by atoms with Gasteiger partial charge in [0.2, 0.25) is 11.5 Å². The zero-order chi connectivity index (χ0) is 31.7. The third kappa shape index (κ3) is 4.85. The van der Waals surface area contributed by atoms with E-state index in [1.54, 1.807) is 12.1 Å². The van der Waals surface area contributed by atoms with Crippen molar-refractivity contribution >= 4 is 22.7 Å². The second kappa shape index (κ2) is 10.2. The Hall–Kier alpha value is -4.65. The normalized spacial score (nSPS) is 20.7. The Morgan fingerprint density at radius 3 is 2.40 bits per heavy atom. The molecule has 9 nitrogen and oxygen atoms in total. The predicted molar refractivity (Wildman–Crippen MR) is 153 cm³/mol. The number of fused-ring (bicyclic) bond motifs is 2. The minimum atomic E-state index is -5.33. The molecule has 3 heterocycles. The maximum absolute atomic E-state index is 14.8. The Bertz CT molecular complexity index is 1860. The second-order valence-electron chi connectivity index (χ2n) is 12.0. The molecule has 2 aliphatic carbocycles. The van der Waals surface area contributed by atoms with Gasteiger partial charge in [0.1, 0.15) is 29.3 Å². The number of halogens is 4. The Morgan fingerprint density at radius 2 is 1.76 bits per heavy atom. The number of nitrogens with zero attached hydrogens (tertiary/aromatic N) is 3. The Morgan fingerprint density at radius 1 is 1.02 bits per heavy atom. The van der Waals surface area contributed by atoms with E-state index in [2.05, 4.69) is 20.5 Å². The van der Waals surface area contributed by atoms with Crippen LogP contribution in [0.3, 0.4) is 0 Å². The average Bonchev–Trinajstić information content (AvgIpc) is 3.96. The number of hydrogen-bond acceptors (Lipinski definition) is 7. The lowest BCUT2D eigenvalue weighted by atomic mass is 9.76. The van der Waals surface area contributed by atoms with Gasteiger partial charge in [0.15, 0.2) is 0 Å². The highest BCUT2D eigenvalue weighted by Crippen LogP contribution is 2.56. The number of nitrogens with two attached hydrogens (primary N) is 1. The lowest BCUT2D eigenvalue weighted by molar-refractivity contribution is -0.265. The van der Waals surface area contributed by atoms with Crippen LogP contribution < -0.4 is 15.8 Å². The van der Waals surface area contributed by atoms with Gasteiger partial charge in [-0.2, -0.15) is 23.4 Å². The minimum absolute atomic E-state index is 0.0365. The molecule has 2 saturated carbocycles. The third-order valence-corrected chi connectivity index (χ3v) is 8.99. The van der Waals surface area contributed by atoms with Gasteiger partial charge in [0, 0.05) is 28.0 Å². The van der Waals surface area contributed by atoms with Gasteiger partial charge in [-0.1, -0.05) is 0 Å². The molecule has 4 aromatic rings. The molecule has 1 aliphatic heterocycles. The van der Waals surface area contributed by atoms with Crippen LogP contribution in [0.5, 0.6) is 5.75 Å². The number of ether oxygens (including phenoxy) is 1. The molecule has 1 unspecified atom stereocenters. The first-order valence-corrected chi connectivity index (χ1v) is 14.5. The summed E-state index contributed by atoms with van der Waals surface area (Å²) in [7, 11) is 0. The van der Waals surface area contributed by atoms with Gasteiger partial charge in [-0.3, -0.25) is 9.59 Å². The molecule has 4 N–H and O–H groups in total. The summed E-state index contributed by atoms with van der Waals surface area (Å²) in [6.07, 6.45) is -2.14. The average molecular weight is 622 g/mol. The lowest BCUT2D eigenvalue weighted by Crippen LogP contribution is -2.52.